The summed E-state index contributed by atoms with van der Waals surface area (Å²) in [5, 5.41) is 1.26. The van der Waals surface area contributed by atoms with E-state index in [2.05, 4.69) is 44.1 Å². The molecule has 2 aromatic heterocycles. The monoisotopic (exact) mass is 312 g/mol. The molecular formula is C16H16N4OS. The standard InChI is InChI=1S/C16H16N4OS/c21-15-12-5-7-20(9-14(12)18-16(22)19-15)8-10-2-1-3-13-11(10)4-6-17-13/h1-4,6,17H,5,7-9H2,(H2,18,19,21,22). The van der Waals surface area contributed by atoms with Gasteiger partial charge in [0.2, 0.25) is 0 Å². The first kappa shape index (κ1) is 13.5. The van der Waals surface area contributed by atoms with Crippen LogP contribution in [0.3, 0.4) is 0 Å². The Bertz CT molecular complexity index is 952. The van der Waals surface area contributed by atoms with Gasteiger partial charge in [0.15, 0.2) is 4.77 Å². The molecule has 112 valence electrons. The van der Waals surface area contributed by atoms with E-state index in [0.717, 1.165) is 42.8 Å². The maximum Gasteiger partial charge on any atom is 0.255 e. The number of hydrogen-bond acceptors (Lipinski definition) is 3. The number of aromatic amines is 3. The zero-order valence-corrected chi connectivity index (χ0v) is 12.8. The lowest BCUT2D eigenvalue weighted by atomic mass is 10.0. The number of H-pyrrole nitrogens is 3. The Morgan fingerprint density at radius 2 is 2.14 bits per heavy atom. The number of aromatic nitrogens is 3. The third-order valence-corrected chi connectivity index (χ3v) is 4.47. The summed E-state index contributed by atoms with van der Waals surface area (Å²) in [7, 11) is 0. The fourth-order valence-electron chi connectivity index (χ4n) is 3.20. The van der Waals surface area contributed by atoms with Gasteiger partial charge in [0.05, 0.1) is 0 Å². The molecule has 0 saturated carbocycles. The van der Waals surface area contributed by atoms with Crippen LogP contribution >= 0.6 is 12.2 Å². The molecule has 0 amide bonds. The number of benzene rings is 1. The van der Waals surface area contributed by atoms with Gasteiger partial charge in [-0.25, -0.2) is 0 Å². The van der Waals surface area contributed by atoms with E-state index >= 15 is 0 Å². The predicted octanol–water partition coefficient (Wildman–Crippen LogP) is 2.47. The first-order chi connectivity index (χ1) is 10.7. The molecule has 0 spiro atoms. The van der Waals surface area contributed by atoms with E-state index in [4.69, 9.17) is 12.2 Å². The highest BCUT2D eigenvalue weighted by Gasteiger charge is 2.20. The molecule has 22 heavy (non-hydrogen) atoms. The highest BCUT2D eigenvalue weighted by Crippen LogP contribution is 2.21. The third kappa shape index (κ3) is 2.30. The Hall–Kier alpha value is -2.18. The fourth-order valence-corrected chi connectivity index (χ4v) is 3.41. The van der Waals surface area contributed by atoms with Gasteiger partial charge in [0.25, 0.3) is 5.56 Å². The lowest BCUT2D eigenvalue weighted by molar-refractivity contribution is 0.241. The van der Waals surface area contributed by atoms with Crippen LogP contribution in [-0.4, -0.2) is 26.4 Å². The lowest BCUT2D eigenvalue weighted by Crippen LogP contribution is -2.34. The van der Waals surface area contributed by atoms with Crippen LogP contribution in [0.1, 0.15) is 16.8 Å². The molecule has 6 heteroatoms. The average Bonchev–Trinajstić information content (AvgIpc) is 2.96. The Kier molecular flexibility index (Phi) is 3.20. The van der Waals surface area contributed by atoms with Crippen molar-refractivity contribution in [2.24, 2.45) is 0 Å². The molecule has 3 aromatic rings. The number of rotatable bonds is 2. The SMILES string of the molecule is O=c1[nH]c(=S)[nH]c2c1CCN(Cc1cccc3[nH]ccc13)C2. The molecule has 3 N–H and O–H groups in total. The lowest BCUT2D eigenvalue weighted by Gasteiger charge is -2.28. The Morgan fingerprint density at radius 1 is 1.23 bits per heavy atom. The summed E-state index contributed by atoms with van der Waals surface area (Å²) < 4.78 is 0.401. The topological polar surface area (TPSA) is 67.7 Å². The van der Waals surface area contributed by atoms with Crippen LogP contribution in [0.15, 0.2) is 35.3 Å². The summed E-state index contributed by atoms with van der Waals surface area (Å²) >= 11 is 5.07. The Balaban J connectivity index is 1.64. The molecule has 0 radical (unpaired) electrons. The largest absolute Gasteiger partial charge is 0.361 e. The van der Waals surface area contributed by atoms with E-state index in [-0.39, 0.29) is 5.56 Å². The smallest absolute Gasteiger partial charge is 0.255 e. The van der Waals surface area contributed by atoms with E-state index in [9.17, 15) is 4.79 Å². The van der Waals surface area contributed by atoms with E-state index in [0.29, 0.717) is 4.77 Å². The van der Waals surface area contributed by atoms with Crippen molar-refractivity contribution in [3.05, 3.63) is 62.4 Å². The van der Waals surface area contributed by atoms with Crippen molar-refractivity contribution in [2.75, 3.05) is 6.54 Å². The summed E-state index contributed by atoms with van der Waals surface area (Å²) in [4.78, 5) is 23.3. The van der Waals surface area contributed by atoms with Gasteiger partial charge in [-0.15, -0.1) is 0 Å². The minimum atomic E-state index is -0.0499. The van der Waals surface area contributed by atoms with E-state index in [1.165, 1.54) is 10.9 Å². The van der Waals surface area contributed by atoms with Crippen molar-refractivity contribution in [3.8, 4) is 0 Å². The summed E-state index contributed by atoms with van der Waals surface area (Å²) in [6.45, 7) is 2.47. The third-order valence-electron chi connectivity index (χ3n) is 4.27. The molecule has 1 aliphatic heterocycles. The second-order valence-electron chi connectivity index (χ2n) is 5.68. The molecule has 0 unspecified atom stereocenters. The fraction of sp³-hybridized carbons (Fsp3) is 0.250. The summed E-state index contributed by atoms with van der Waals surface area (Å²) in [6, 6.07) is 8.43. The molecule has 0 saturated heterocycles. The van der Waals surface area contributed by atoms with Gasteiger partial charge in [0, 0.05) is 48.0 Å². The van der Waals surface area contributed by atoms with Gasteiger partial charge in [-0.05, 0) is 36.3 Å². The van der Waals surface area contributed by atoms with Crippen molar-refractivity contribution >= 4 is 23.1 Å². The van der Waals surface area contributed by atoms with Gasteiger partial charge in [-0.2, -0.15) is 0 Å². The molecule has 0 fully saturated rings. The number of nitrogens with zero attached hydrogens (tertiary/aromatic N) is 1. The quantitative estimate of drug-likeness (QED) is 0.637. The zero-order valence-electron chi connectivity index (χ0n) is 12.0. The van der Waals surface area contributed by atoms with Gasteiger partial charge in [-0.1, -0.05) is 12.1 Å². The highest BCUT2D eigenvalue weighted by molar-refractivity contribution is 7.71. The predicted molar refractivity (Wildman–Crippen MR) is 88.4 cm³/mol. The number of hydrogen-bond donors (Lipinski definition) is 3. The van der Waals surface area contributed by atoms with E-state index in [1.54, 1.807) is 0 Å². The van der Waals surface area contributed by atoms with Crippen LogP contribution in [0.4, 0.5) is 0 Å². The van der Waals surface area contributed by atoms with Gasteiger partial charge in [0.1, 0.15) is 0 Å². The maximum atomic E-state index is 11.9. The minimum absolute atomic E-state index is 0.0499. The Morgan fingerprint density at radius 3 is 3.05 bits per heavy atom. The maximum absolute atomic E-state index is 11.9. The minimum Gasteiger partial charge on any atom is -0.361 e. The van der Waals surface area contributed by atoms with Crippen LogP contribution in [0, 0.1) is 4.77 Å². The molecule has 4 rings (SSSR count). The van der Waals surface area contributed by atoms with Crippen molar-refractivity contribution < 1.29 is 0 Å². The van der Waals surface area contributed by atoms with E-state index < -0.39 is 0 Å². The van der Waals surface area contributed by atoms with Crippen LogP contribution in [0.5, 0.6) is 0 Å². The highest BCUT2D eigenvalue weighted by atomic mass is 32.1. The average molecular weight is 312 g/mol. The second kappa shape index (κ2) is 5.23. The molecule has 0 atom stereocenters. The van der Waals surface area contributed by atoms with Gasteiger partial charge < -0.3 is 9.97 Å². The normalized spacial score (nSPS) is 15.1. The number of nitrogens with one attached hydrogen (secondary N) is 3. The molecule has 0 bridgehead atoms. The zero-order chi connectivity index (χ0) is 15.1. The van der Waals surface area contributed by atoms with Crippen molar-refractivity contribution in [3.63, 3.8) is 0 Å². The second-order valence-corrected chi connectivity index (χ2v) is 6.09. The van der Waals surface area contributed by atoms with E-state index in [1.807, 2.05) is 6.20 Å². The first-order valence-electron chi connectivity index (χ1n) is 7.32. The first-order valence-corrected chi connectivity index (χ1v) is 7.73. The van der Waals surface area contributed by atoms with Crippen LogP contribution in [0.2, 0.25) is 0 Å². The molecular weight excluding hydrogens is 296 g/mol. The van der Waals surface area contributed by atoms with Gasteiger partial charge >= 0.3 is 0 Å². The van der Waals surface area contributed by atoms with Crippen molar-refractivity contribution in [1.29, 1.82) is 0 Å². The molecule has 3 heterocycles. The van der Waals surface area contributed by atoms with Crippen molar-refractivity contribution in [1.82, 2.24) is 19.9 Å². The summed E-state index contributed by atoms with van der Waals surface area (Å²) in [5.74, 6) is 0. The summed E-state index contributed by atoms with van der Waals surface area (Å²) in [5.41, 5.74) is 4.19. The molecule has 5 nitrogen and oxygen atoms in total. The molecule has 1 aliphatic rings. The number of fused-ring (bicyclic) bond motifs is 2. The van der Waals surface area contributed by atoms with Crippen LogP contribution < -0.4 is 5.56 Å². The van der Waals surface area contributed by atoms with Crippen LogP contribution in [-0.2, 0) is 19.5 Å². The Labute approximate surface area is 132 Å². The molecule has 1 aromatic carbocycles. The molecule has 0 aliphatic carbocycles. The van der Waals surface area contributed by atoms with Crippen molar-refractivity contribution in [2.45, 2.75) is 19.5 Å². The van der Waals surface area contributed by atoms with Gasteiger partial charge in [-0.3, -0.25) is 14.7 Å². The van der Waals surface area contributed by atoms with Crippen LogP contribution in [0.25, 0.3) is 10.9 Å². The summed E-state index contributed by atoms with van der Waals surface area (Å²) in [6.07, 6.45) is 2.72.